The summed E-state index contributed by atoms with van der Waals surface area (Å²) in [6.07, 6.45) is -20.8. The lowest BCUT2D eigenvalue weighted by molar-refractivity contribution is -0.144. The molecule has 2 atom stereocenters. The number of amides is 1. The van der Waals surface area contributed by atoms with Gasteiger partial charge in [-0.1, -0.05) is 18.2 Å². The molecule has 17 heteroatoms. The van der Waals surface area contributed by atoms with Gasteiger partial charge in [0.15, 0.2) is 0 Å². The molecule has 0 fully saturated rings. The van der Waals surface area contributed by atoms with E-state index in [0.29, 0.717) is 29.2 Å². The fourth-order valence-corrected chi connectivity index (χ4v) is 3.96. The number of hydrogen-bond acceptors (Lipinski definition) is 3. The number of carbonyl (C=O) groups is 2. The molecule has 0 aliphatic heterocycles. The highest BCUT2D eigenvalue weighted by atomic mass is 19.4. The van der Waals surface area contributed by atoms with Gasteiger partial charge in [0.1, 0.15) is 18.0 Å². The van der Waals surface area contributed by atoms with Gasteiger partial charge in [-0.2, -0.15) is 52.7 Å². The molecule has 0 heterocycles. The molecule has 0 saturated carbocycles. The number of halogens is 13. The topological polar surface area (TPSA) is 49.4 Å². The first kappa shape index (κ1) is 35.6. The van der Waals surface area contributed by atoms with Crippen LogP contribution in [0.4, 0.5) is 57.1 Å². The minimum absolute atomic E-state index is 0.0316. The zero-order valence-electron chi connectivity index (χ0n) is 21.9. The van der Waals surface area contributed by atoms with Gasteiger partial charge in [-0.3, -0.25) is 9.69 Å². The lowest BCUT2D eigenvalue weighted by atomic mass is 9.92. The number of alkyl halides is 12. The quantitative estimate of drug-likeness (QED) is 0.229. The summed E-state index contributed by atoms with van der Waals surface area (Å²) in [6, 6.07) is 0.588. The number of hydrogen-bond donors (Lipinski definition) is 1. The second kappa shape index (κ2) is 12.9. The Balaban J connectivity index is 2.49. The standard InChI is InChI=1S/C26H21F13N2O2/c1-13-3-4-14(7-18(13)24(31,32)33)19(25(34,35)36)9-21(27)15-5-6-17(20(8-15)26(37,38)39)22(43)40-16(11-42)10-41(2)12-23(28,29)30/h3-9,11,16,19H,10,12H2,1-2H3,(H,40,43)/b21-9-. The van der Waals surface area contributed by atoms with Crippen LogP contribution in [0.1, 0.15) is 44.1 Å². The summed E-state index contributed by atoms with van der Waals surface area (Å²) in [5.74, 6) is -6.56. The number of rotatable bonds is 9. The van der Waals surface area contributed by atoms with Crippen LogP contribution >= 0.6 is 0 Å². The first-order valence-electron chi connectivity index (χ1n) is 11.8. The third kappa shape index (κ3) is 9.96. The largest absolute Gasteiger partial charge is 0.417 e. The Morgan fingerprint density at radius 1 is 0.884 bits per heavy atom. The molecule has 2 aromatic carbocycles. The summed E-state index contributed by atoms with van der Waals surface area (Å²) in [5, 5.41) is 1.79. The van der Waals surface area contributed by atoms with Crippen molar-refractivity contribution >= 4 is 18.0 Å². The number of benzene rings is 2. The maximum Gasteiger partial charge on any atom is 0.417 e. The smallest absolute Gasteiger partial charge is 0.341 e. The van der Waals surface area contributed by atoms with E-state index < -0.39 is 94.9 Å². The van der Waals surface area contributed by atoms with Crippen LogP contribution in [0.25, 0.3) is 5.83 Å². The fraction of sp³-hybridized carbons (Fsp3) is 0.385. The van der Waals surface area contributed by atoms with Crippen LogP contribution in [0.2, 0.25) is 0 Å². The van der Waals surface area contributed by atoms with E-state index in [-0.39, 0.29) is 24.5 Å². The summed E-state index contributed by atoms with van der Waals surface area (Å²) >= 11 is 0. The van der Waals surface area contributed by atoms with Gasteiger partial charge in [-0.15, -0.1) is 0 Å². The van der Waals surface area contributed by atoms with Crippen LogP contribution in [0, 0.1) is 6.92 Å². The molecular formula is C26H21F13N2O2. The Morgan fingerprint density at radius 3 is 1.95 bits per heavy atom. The Bertz CT molecular complexity index is 1340. The van der Waals surface area contributed by atoms with E-state index in [4.69, 9.17) is 0 Å². The van der Waals surface area contributed by atoms with Gasteiger partial charge in [0.25, 0.3) is 5.91 Å². The molecule has 43 heavy (non-hydrogen) atoms. The molecule has 0 aliphatic rings. The average molecular weight is 640 g/mol. The van der Waals surface area contributed by atoms with Crippen molar-refractivity contribution in [3.8, 4) is 0 Å². The van der Waals surface area contributed by atoms with E-state index >= 15 is 0 Å². The SMILES string of the molecule is Cc1ccc(C(/C=C(\F)c2ccc(C(=O)NC(C=O)CN(C)CC(F)(F)F)c(C(F)(F)F)c2)C(F)(F)F)cc1C(F)(F)F. The number of nitrogens with zero attached hydrogens (tertiary/aromatic N) is 1. The van der Waals surface area contributed by atoms with Crippen LogP contribution in [-0.2, 0) is 17.1 Å². The highest BCUT2D eigenvalue weighted by molar-refractivity contribution is 5.97. The molecule has 0 radical (unpaired) electrons. The highest BCUT2D eigenvalue weighted by Gasteiger charge is 2.42. The van der Waals surface area contributed by atoms with Crippen molar-refractivity contribution in [2.45, 2.75) is 43.6 Å². The summed E-state index contributed by atoms with van der Waals surface area (Å²) < 4.78 is 175. The first-order chi connectivity index (χ1) is 19.4. The van der Waals surface area contributed by atoms with Gasteiger partial charge in [0, 0.05) is 12.1 Å². The second-order valence-electron chi connectivity index (χ2n) is 9.39. The van der Waals surface area contributed by atoms with Gasteiger partial charge in [-0.05, 0) is 49.4 Å². The molecule has 4 nitrogen and oxygen atoms in total. The minimum atomic E-state index is -5.42. The van der Waals surface area contributed by atoms with Gasteiger partial charge < -0.3 is 10.1 Å². The third-order valence-electron chi connectivity index (χ3n) is 5.88. The van der Waals surface area contributed by atoms with E-state index in [2.05, 4.69) is 0 Å². The van der Waals surface area contributed by atoms with E-state index in [9.17, 15) is 66.7 Å². The average Bonchev–Trinajstić information content (AvgIpc) is 2.83. The molecule has 0 spiro atoms. The maximum atomic E-state index is 15.0. The monoisotopic (exact) mass is 640 g/mol. The molecule has 238 valence electrons. The number of aldehydes is 1. The van der Waals surface area contributed by atoms with Crippen molar-refractivity contribution in [1.29, 1.82) is 0 Å². The Labute approximate surface area is 235 Å². The lowest BCUT2D eigenvalue weighted by Gasteiger charge is -2.23. The summed E-state index contributed by atoms with van der Waals surface area (Å²) in [5.41, 5.74) is -7.18. The minimum Gasteiger partial charge on any atom is -0.341 e. The summed E-state index contributed by atoms with van der Waals surface area (Å²) in [6.45, 7) is -1.32. The zero-order valence-corrected chi connectivity index (χ0v) is 21.9. The van der Waals surface area contributed by atoms with Crippen molar-refractivity contribution in [1.82, 2.24) is 10.2 Å². The first-order valence-corrected chi connectivity index (χ1v) is 11.8. The van der Waals surface area contributed by atoms with Crippen molar-refractivity contribution in [3.05, 3.63) is 75.9 Å². The molecule has 1 amide bonds. The number of aryl methyl sites for hydroxylation is 1. The number of allylic oxidation sites excluding steroid dienone is 1. The lowest BCUT2D eigenvalue weighted by Crippen LogP contribution is -2.46. The van der Waals surface area contributed by atoms with E-state index in [1.165, 1.54) is 0 Å². The third-order valence-corrected chi connectivity index (χ3v) is 5.88. The molecule has 0 aliphatic carbocycles. The zero-order chi connectivity index (χ0) is 33.1. The summed E-state index contributed by atoms with van der Waals surface area (Å²) in [4.78, 5) is 24.3. The van der Waals surface area contributed by atoms with Crippen LogP contribution in [0.5, 0.6) is 0 Å². The predicted octanol–water partition coefficient (Wildman–Crippen LogP) is 7.48. The van der Waals surface area contributed by atoms with Crippen molar-refractivity contribution < 1.29 is 66.7 Å². The van der Waals surface area contributed by atoms with Gasteiger partial charge in [-0.25, -0.2) is 4.39 Å². The molecular weight excluding hydrogens is 619 g/mol. The second-order valence-corrected chi connectivity index (χ2v) is 9.39. The van der Waals surface area contributed by atoms with Gasteiger partial charge in [0.2, 0.25) is 0 Å². The maximum absolute atomic E-state index is 15.0. The number of nitrogens with one attached hydrogen (secondary N) is 1. The van der Waals surface area contributed by atoms with Crippen molar-refractivity contribution in [3.63, 3.8) is 0 Å². The van der Waals surface area contributed by atoms with Crippen molar-refractivity contribution in [2.75, 3.05) is 20.1 Å². The van der Waals surface area contributed by atoms with Crippen LogP contribution in [-0.4, -0.2) is 55.6 Å². The fourth-order valence-electron chi connectivity index (χ4n) is 3.96. The van der Waals surface area contributed by atoms with Crippen LogP contribution < -0.4 is 5.32 Å². The number of carbonyl (C=O) groups excluding carboxylic acids is 2. The Kier molecular flexibility index (Phi) is 10.7. The Hall–Kier alpha value is -3.63. The molecule has 1 N–H and O–H groups in total. The highest BCUT2D eigenvalue weighted by Crippen LogP contribution is 2.42. The molecule has 2 rings (SSSR count). The van der Waals surface area contributed by atoms with Crippen LogP contribution in [0.3, 0.4) is 0 Å². The van der Waals surface area contributed by atoms with E-state index in [1.807, 2.05) is 0 Å². The van der Waals surface area contributed by atoms with Gasteiger partial charge in [0.05, 0.1) is 29.3 Å². The van der Waals surface area contributed by atoms with Crippen molar-refractivity contribution in [2.24, 2.45) is 0 Å². The molecule has 0 saturated heterocycles. The van der Waals surface area contributed by atoms with Gasteiger partial charge >= 0.3 is 24.7 Å². The van der Waals surface area contributed by atoms with E-state index in [1.54, 1.807) is 5.32 Å². The molecule has 2 unspecified atom stereocenters. The number of likely N-dealkylation sites (N-methyl/N-ethyl adjacent to an activating group) is 1. The molecule has 2 aromatic rings. The summed E-state index contributed by atoms with van der Waals surface area (Å²) in [7, 11) is 0.913. The molecule has 0 aromatic heterocycles. The predicted molar refractivity (Wildman–Crippen MR) is 126 cm³/mol. The Morgan fingerprint density at radius 2 is 1.47 bits per heavy atom. The van der Waals surface area contributed by atoms with Crippen LogP contribution in [0.15, 0.2) is 42.5 Å². The molecule has 0 bridgehead atoms. The normalized spacial score (nSPS) is 14.9. The van der Waals surface area contributed by atoms with E-state index in [0.717, 1.165) is 14.0 Å².